The first-order valence-corrected chi connectivity index (χ1v) is 7.04. The second-order valence-corrected chi connectivity index (χ2v) is 5.75. The highest BCUT2D eigenvalue weighted by molar-refractivity contribution is 7.10. The highest BCUT2D eigenvalue weighted by Crippen LogP contribution is 2.31. The Morgan fingerprint density at radius 2 is 2.53 bits per heavy atom. The monoisotopic (exact) mass is 253 g/mol. The van der Waals surface area contributed by atoms with Crippen LogP contribution in [0.5, 0.6) is 0 Å². The van der Waals surface area contributed by atoms with Crippen LogP contribution >= 0.6 is 11.3 Å². The minimum Gasteiger partial charge on any atom is -0.481 e. The lowest BCUT2D eigenvalue weighted by Gasteiger charge is -2.23. The molecule has 17 heavy (non-hydrogen) atoms. The van der Waals surface area contributed by atoms with Crippen LogP contribution in [0.4, 0.5) is 0 Å². The minimum atomic E-state index is -0.672. The van der Waals surface area contributed by atoms with E-state index in [2.05, 4.69) is 29.3 Å². The van der Waals surface area contributed by atoms with Gasteiger partial charge in [0.2, 0.25) is 0 Å². The van der Waals surface area contributed by atoms with E-state index in [4.69, 9.17) is 5.11 Å². The Labute approximate surface area is 106 Å². The fraction of sp³-hybridized carbons (Fsp3) is 0.615. The average molecular weight is 253 g/mol. The van der Waals surface area contributed by atoms with Crippen molar-refractivity contribution >= 4 is 17.3 Å². The highest BCUT2D eigenvalue weighted by atomic mass is 32.1. The van der Waals surface area contributed by atoms with Gasteiger partial charge in [0.15, 0.2) is 0 Å². The first kappa shape index (κ1) is 12.6. The molecule has 1 N–H and O–H groups in total. The van der Waals surface area contributed by atoms with Crippen LogP contribution in [0.2, 0.25) is 0 Å². The molecule has 0 spiro atoms. The summed E-state index contributed by atoms with van der Waals surface area (Å²) in [5, 5.41) is 10.8. The lowest BCUT2D eigenvalue weighted by atomic mass is 10.0. The van der Waals surface area contributed by atoms with E-state index in [1.807, 2.05) is 0 Å². The molecule has 2 rings (SSSR count). The van der Waals surface area contributed by atoms with Gasteiger partial charge < -0.3 is 5.11 Å². The molecule has 0 bridgehead atoms. The van der Waals surface area contributed by atoms with Crippen molar-refractivity contribution in [1.29, 1.82) is 0 Å². The van der Waals surface area contributed by atoms with E-state index >= 15 is 0 Å². The molecule has 1 aromatic heterocycles. The second kappa shape index (κ2) is 5.65. The zero-order chi connectivity index (χ0) is 12.3. The SMILES string of the molecule is CC(c1cccs1)N1CCC(CCC(=O)O)C1. The molecule has 1 aromatic rings. The molecule has 0 saturated carbocycles. The van der Waals surface area contributed by atoms with E-state index in [0.717, 1.165) is 25.9 Å². The maximum absolute atomic E-state index is 10.5. The van der Waals surface area contributed by atoms with Crippen LogP contribution in [0.15, 0.2) is 17.5 Å². The molecule has 0 radical (unpaired) electrons. The standard InChI is InChI=1S/C13H19NO2S/c1-10(12-3-2-8-17-12)14-7-6-11(9-14)4-5-13(15)16/h2-3,8,10-11H,4-7,9H2,1H3,(H,15,16). The fourth-order valence-electron chi connectivity index (χ4n) is 2.49. The maximum Gasteiger partial charge on any atom is 0.303 e. The molecular formula is C13H19NO2S. The van der Waals surface area contributed by atoms with Gasteiger partial charge in [-0.25, -0.2) is 0 Å². The van der Waals surface area contributed by atoms with Crippen LogP contribution in [0, 0.1) is 5.92 Å². The minimum absolute atomic E-state index is 0.311. The van der Waals surface area contributed by atoms with Gasteiger partial charge in [0.05, 0.1) is 0 Å². The molecule has 1 saturated heterocycles. The molecule has 2 atom stereocenters. The Morgan fingerprint density at radius 3 is 3.18 bits per heavy atom. The van der Waals surface area contributed by atoms with Gasteiger partial charge in [-0.1, -0.05) is 6.07 Å². The van der Waals surface area contributed by atoms with Crippen molar-refractivity contribution in [2.75, 3.05) is 13.1 Å². The van der Waals surface area contributed by atoms with Gasteiger partial charge >= 0.3 is 5.97 Å². The van der Waals surface area contributed by atoms with Crippen molar-refractivity contribution in [3.8, 4) is 0 Å². The third kappa shape index (κ3) is 3.30. The molecule has 0 aromatic carbocycles. The van der Waals surface area contributed by atoms with Crippen LogP contribution in [-0.2, 0) is 4.79 Å². The number of rotatable bonds is 5. The number of carboxylic acid groups (broad SMARTS) is 1. The summed E-state index contributed by atoms with van der Waals surface area (Å²) in [6, 6.07) is 4.75. The van der Waals surface area contributed by atoms with Gasteiger partial charge in [-0.15, -0.1) is 11.3 Å². The maximum atomic E-state index is 10.5. The largest absolute Gasteiger partial charge is 0.481 e. The molecule has 4 heteroatoms. The normalized spacial score (nSPS) is 22.8. The molecule has 2 heterocycles. The van der Waals surface area contributed by atoms with Gasteiger partial charge in [-0.3, -0.25) is 9.69 Å². The summed E-state index contributed by atoms with van der Waals surface area (Å²) in [7, 11) is 0. The summed E-state index contributed by atoms with van der Waals surface area (Å²) in [6.45, 7) is 4.39. The zero-order valence-corrected chi connectivity index (χ0v) is 10.9. The van der Waals surface area contributed by atoms with Crippen molar-refractivity contribution in [1.82, 2.24) is 4.90 Å². The smallest absolute Gasteiger partial charge is 0.303 e. The van der Waals surface area contributed by atoms with Crippen molar-refractivity contribution in [3.63, 3.8) is 0 Å². The van der Waals surface area contributed by atoms with Gasteiger partial charge in [-0.2, -0.15) is 0 Å². The number of aliphatic carboxylic acids is 1. The number of carboxylic acids is 1. The zero-order valence-electron chi connectivity index (χ0n) is 10.1. The Balaban J connectivity index is 1.83. The van der Waals surface area contributed by atoms with E-state index in [9.17, 15) is 4.79 Å². The Morgan fingerprint density at radius 1 is 1.71 bits per heavy atom. The third-order valence-electron chi connectivity index (χ3n) is 3.59. The number of nitrogens with zero attached hydrogens (tertiary/aromatic N) is 1. The summed E-state index contributed by atoms with van der Waals surface area (Å²) in [5.41, 5.74) is 0. The summed E-state index contributed by atoms with van der Waals surface area (Å²) < 4.78 is 0. The molecule has 1 aliphatic rings. The number of carbonyl (C=O) groups is 1. The van der Waals surface area contributed by atoms with Gasteiger partial charge in [-0.05, 0) is 43.7 Å². The van der Waals surface area contributed by atoms with E-state index in [-0.39, 0.29) is 0 Å². The number of thiophene rings is 1. The van der Waals surface area contributed by atoms with Crippen molar-refractivity contribution in [3.05, 3.63) is 22.4 Å². The quantitative estimate of drug-likeness (QED) is 0.877. The van der Waals surface area contributed by atoms with Crippen molar-refractivity contribution in [2.45, 2.75) is 32.2 Å². The molecule has 2 unspecified atom stereocenters. The lowest BCUT2D eigenvalue weighted by molar-refractivity contribution is -0.137. The molecule has 1 aliphatic heterocycles. The number of hydrogen-bond donors (Lipinski definition) is 1. The van der Waals surface area contributed by atoms with E-state index in [1.165, 1.54) is 4.88 Å². The van der Waals surface area contributed by atoms with E-state index < -0.39 is 5.97 Å². The molecule has 0 amide bonds. The van der Waals surface area contributed by atoms with E-state index in [1.54, 1.807) is 11.3 Å². The predicted octanol–water partition coefficient (Wildman–Crippen LogP) is 3.00. The van der Waals surface area contributed by atoms with Crippen LogP contribution in [-0.4, -0.2) is 29.1 Å². The van der Waals surface area contributed by atoms with Gasteiger partial charge in [0, 0.05) is 23.9 Å². The summed E-state index contributed by atoms with van der Waals surface area (Å²) in [4.78, 5) is 14.4. The third-order valence-corrected chi connectivity index (χ3v) is 4.63. The Bertz CT molecular complexity index is 364. The number of likely N-dealkylation sites (tertiary alicyclic amines) is 1. The van der Waals surface area contributed by atoms with Crippen molar-refractivity contribution in [2.24, 2.45) is 5.92 Å². The topological polar surface area (TPSA) is 40.5 Å². The average Bonchev–Trinajstić information content (AvgIpc) is 2.97. The fourth-order valence-corrected chi connectivity index (χ4v) is 3.30. The van der Waals surface area contributed by atoms with Gasteiger partial charge in [0.25, 0.3) is 0 Å². The first-order chi connectivity index (χ1) is 8.16. The van der Waals surface area contributed by atoms with Crippen molar-refractivity contribution < 1.29 is 9.90 Å². The first-order valence-electron chi connectivity index (χ1n) is 6.16. The van der Waals surface area contributed by atoms with Crippen LogP contribution in [0.1, 0.15) is 37.1 Å². The Kier molecular flexibility index (Phi) is 4.18. The molecular weight excluding hydrogens is 234 g/mol. The summed E-state index contributed by atoms with van der Waals surface area (Å²) in [5.74, 6) is -0.108. The van der Waals surface area contributed by atoms with E-state index in [0.29, 0.717) is 18.4 Å². The summed E-state index contributed by atoms with van der Waals surface area (Å²) >= 11 is 1.80. The van der Waals surface area contributed by atoms with Crippen LogP contribution in [0.25, 0.3) is 0 Å². The molecule has 1 fully saturated rings. The predicted molar refractivity (Wildman–Crippen MR) is 69.3 cm³/mol. The molecule has 3 nitrogen and oxygen atoms in total. The molecule has 94 valence electrons. The molecule has 0 aliphatic carbocycles. The second-order valence-electron chi connectivity index (χ2n) is 4.77. The summed E-state index contributed by atoms with van der Waals surface area (Å²) in [6.07, 6.45) is 2.28. The van der Waals surface area contributed by atoms with Gasteiger partial charge in [0.1, 0.15) is 0 Å². The van der Waals surface area contributed by atoms with Crippen LogP contribution < -0.4 is 0 Å². The number of hydrogen-bond acceptors (Lipinski definition) is 3. The Hall–Kier alpha value is -0.870. The van der Waals surface area contributed by atoms with Crippen LogP contribution in [0.3, 0.4) is 0 Å². The highest BCUT2D eigenvalue weighted by Gasteiger charge is 2.27. The lowest BCUT2D eigenvalue weighted by Crippen LogP contribution is -2.24.